The topological polar surface area (TPSA) is 79.0 Å². The number of benzene rings is 1. The fourth-order valence-electron chi connectivity index (χ4n) is 3.99. The Morgan fingerprint density at radius 1 is 1.15 bits per heavy atom. The molecule has 0 spiro atoms. The van der Waals surface area contributed by atoms with Gasteiger partial charge in [-0.05, 0) is 64.3 Å². The lowest BCUT2D eigenvalue weighted by Crippen LogP contribution is -2.27. The van der Waals surface area contributed by atoms with Gasteiger partial charge in [0.2, 0.25) is 0 Å². The van der Waals surface area contributed by atoms with Crippen LogP contribution >= 0.6 is 0 Å². The number of hydrogen-bond donors (Lipinski definition) is 2. The van der Waals surface area contributed by atoms with E-state index in [-0.39, 0.29) is 23.2 Å². The van der Waals surface area contributed by atoms with Crippen molar-refractivity contribution in [1.82, 2.24) is 30.4 Å². The minimum Gasteiger partial charge on any atom is -0.462 e. The zero-order valence-electron chi connectivity index (χ0n) is 18.9. The zero-order chi connectivity index (χ0) is 24.3. The van der Waals surface area contributed by atoms with E-state index in [0.717, 1.165) is 43.8 Å². The summed E-state index contributed by atoms with van der Waals surface area (Å²) in [6.07, 6.45) is -1.61. The number of nitrogens with zero attached hydrogens (tertiary/aromatic N) is 4. The maximum Gasteiger partial charge on any atom is 0.419 e. The van der Waals surface area contributed by atoms with Gasteiger partial charge in [0.1, 0.15) is 18.1 Å². The molecule has 1 aromatic carbocycles. The number of nitrogens with one attached hydrogen (secondary N) is 2. The molecule has 1 fully saturated rings. The van der Waals surface area contributed by atoms with E-state index in [1.165, 1.54) is 6.07 Å². The first kappa shape index (κ1) is 24.1. The Morgan fingerprint density at radius 2 is 1.91 bits per heavy atom. The SMILES string of the molecule is CN(C)CCOc1nccc(-c2c(-c3ccc(F)c(C(F)(F)F)c3)n[nH]c2C2CCNCC2)n1. The Kier molecular flexibility index (Phi) is 7.13. The molecule has 182 valence electrons. The number of aromatic nitrogens is 4. The van der Waals surface area contributed by atoms with Crippen molar-refractivity contribution in [1.29, 1.82) is 0 Å². The quantitative estimate of drug-likeness (QED) is 0.498. The van der Waals surface area contributed by atoms with Gasteiger partial charge in [-0.1, -0.05) is 0 Å². The highest BCUT2D eigenvalue weighted by Crippen LogP contribution is 2.40. The van der Waals surface area contributed by atoms with Crippen LogP contribution in [-0.4, -0.2) is 65.4 Å². The van der Waals surface area contributed by atoms with Gasteiger partial charge < -0.3 is 15.0 Å². The highest BCUT2D eigenvalue weighted by Gasteiger charge is 2.35. The van der Waals surface area contributed by atoms with Gasteiger partial charge in [-0.3, -0.25) is 5.10 Å². The van der Waals surface area contributed by atoms with E-state index in [1.807, 2.05) is 19.0 Å². The molecule has 4 rings (SSSR count). The zero-order valence-corrected chi connectivity index (χ0v) is 18.9. The van der Waals surface area contributed by atoms with Crippen LogP contribution in [0.15, 0.2) is 30.5 Å². The number of piperidine rings is 1. The third-order valence-corrected chi connectivity index (χ3v) is 5.75. The molecule has 7 nitrogen and oxygen atoms in total. The summed E-state index contributed by atoms with van der Waals surface area (Å²) in [4.78, 5) is 10.6. The molecule has 3 heterocycles. The van der Waals surface area contributed by atoms with Crippen molar-refractivity contribution in [3.8, 4) is 28.5 Å². The van der Waals surface area contributed by atoms with E-state index in [1.54, 1.807) is 12.3 Å². The third-order valence-electron chi connectivity index (χ3n) is 5.75. The molecule has 2 N–H and O–H groups in total. The Bertz CT molecular complexity index is 1120. The molecule has 0 amide bonds. The molecule has 34 heavy (non-hydrogen) atoms. The summed E-state index contributed by atoms with van der Waals surface area (Å²) in [5.41, 5.74) is 0.924. The second-order valence-corrected chi connectivity index (χ2v) is 8.45. The van der Waals surface area contributed by atoms with Gasteiger partial charge in [-0.2, -0.15) is 23.3 Å². The predicted molar refractivity (Wildman–Crippen MR) is 119 cm³/mol. The third kappa shape index (κ3) is 5.36. The van der Waals surface area contributed by atoms with Crippen LogP contribution in [-0.2, 0) is 6.18 Å². The molecule has 0 bridgehead atoms. The minimum absolute atomic E-state index is 0.119. The number of ether oxygens (including phenoxy) is 1. The number of halogens is 4. The number of likely N-dealkylation sites (N-methyl/N-ethyl adjacent to an activating group) is 1. The van der Waals surface area contributed by atoms with Gasteiger partial charge >= 0.3 is 12.2 Å². The average Bonchev–Trinajstić information content (AvgIpc) is 3.24. The number of alkyl halides is 3. The lowest BCUT2D eigenvalue weighted by molar-refractivity contribution is -0.139. The molecular weight excluding hydrogens is 452 g/mol. The second-order valence-electron chi connectivity index (χ2n) is 8.45. The van der Waals surface area contributed by atoms with Gasteiger partial charge in [-0.15, -0.1) is 0 Å². The predicted octanol–water partition coefficient (Wildman–Crippen LogP) is 4.10. The molecule has 1 aliphatic rings. The Morgan fingerprint density at radius 3 is 2.62 bits per heavy atom. The molecule has 11 heteroatoms. The van der Waals surface area contributed by atoms with Crippen molar-refractivity contribution in [2.24, 2.45) is 0 Å². The number of rotatable bonds is 7. The minimum atomic E-state index is -4.82. The molecule has 2 aromatic heterocycles. The van der Waals surface area contributed by atoms with Gasteiger partial charge in [0, 0.05) is 35.5 Å². The van der Waals surface area contributed by atoms with Crippen LogP contribution in [0.25, 0.3) is 22.5 Å². The normalized spacial score (nSPS) is 15.1. The Labute approximate surface area is 194 Å². The van der Waals surface area contributed by atoms with Crippen LogP contribution in [0.5, 0.6) is 6.01 Å². The molecule has 0 radical (unpaired) electrons. The van der Waals surface area contributed by atoms with Crippen molar-refractivity contribution in [3.05, 3.63) is 47.5 Å². The highest BCUT2D eigenvalue weighted by atomic mass is 19.4. The van der Waals surface area contributed by atoms with Crippen LogP contribution in [0.4, 0.5) is 17.6 Å². The summed E-state index contributed by atoms with van der Waals surface area (Å²) >= 11 is 0. The van der Waals surface area contributed by atoms with Gasteiger partial charge in [0.05, 0.1) is 11.3 Å². The van der Waals surface area contributed by atoms with E-state index in [9.17, 15) is 17.6 Å². The second kappa shape index (κ2) is 10.1. The van der Waals surface area contributed by atoms with E-state index < -0.39 is 17.6 Å². The smallest absolute Gasteiger partial charge is 0.419 e. The molecule has 1 aliphatic heterocycles. The highest BCUT2D eigenvalue weighted by molar-refractivity contribution is 5.81. The largest absolute Gasteiger partial charge is 0.462 e. The summed E-state index contributed by atoms with van der Waals surface area (Å²) in [5, 5.41) is 10.7. The first-order valence-electron chi connectivity index (χ1n) is 11.0. The fourth-order valence-corrected chi connectivity index (χ4v) is 3.99. The van der Waals surface area contributed by atoms with Crippen molar-refractivity contribution in [2.75, 3.05) is 40.3 Å². The van der Waals surface area contributed by atoms with Crippen molar-refractivity contribution in [2.45, 2.75) is 24.9 Å². The van der Waals surface area contributed by atoms with Gasteiger partial charge in [0.15, 0.2) is 0 Å². The fraction of sp³-hybridized carbons (Fsp3) is 0.435. The van der Waals surface area contributed by atoms with E-state index in [2.05, 4.69) is 25.5 Å². The van der Waals surface area contributed by atoms with E-state index in [0.29, 0.717) is 24.4 Å². The number of aromatic amines is 1. The Balaban J connectivity index is 1.79. The van der Waals surface area contributed by atoms with Crippen molar-refractivity contribution >= 4 is 0 Å². The van der Waals surface area contributed by atoms with E-state index >= 15 is 0 Å². The molecule has 1 saturated heterocycles. The average molecular weight is 478 g/mol. The maximum atomic E-state index is 13.9. The van der Waals surface area contributed by atoms with Crippen LogP contribution < -0.4 is 10.1 Å². The van der Waals surface area contributed by atoms with Crippen LogP contribution in [0.1, 0.15) is 30.0 Å². The molecule has 0 aliphatic carbocycles. The van der Waals surface area contributed by atoms with Gasteiger partial charge in [-0.25, -0.2) is 9.37 Å². The number of hydrogen-bond acceptors (Lipinski definition) is 6. The summed E-state index contributed by atoms with van der Waals surface area (Å²) in [6, 6.07) is 4.74. The summed E-state index contributed by atoms with van der Waals surface area (Å²) in [6.45, 7) is 2.68. The number of H-pyrrole nitrogens is 1. The molecule has 0 unspecified atom stereocenters. The first-order chi connectivity index (χ1) is 16.2. The van der Waals surface area contributed by atoms with Crippen LogP contribution in [0.2, 0.25) is 0 Å². The lowest BCUT2D eigenvalue weighted by Gasteiger charge is -2.22. The molecule has 0 atom stereocenters. The Hall–Kier alpha value is -3.05. The van der Waals surface area contributed by atoms with Crippen molar-refractivity contribution < 1.29 is 22.3 Å². The van der Waals surface area contributed by atoms with Crippen molar-refractivity contribution in [3.63, 3.8) is 0 Å². The maximum absolute atomic E-state index is 13.9. The standard InChI is InChI=1S/C23H26F4N6O/c1-33(2)11-12-34-22-29-10-7-18(30-22)19-20(14-5-8-28-9-6-14)31-32-21(19)15-3-4-17(24)16(13-15)23(25,26)27/h3-4,7,10,13-14,28H,5-6,8-9,11-12H2,1-2H3,(H,31,32). The van der Waals surface area contributed by atoms with Crippen LogP contribution in [0, 0.1) is 5.82 Å². The van der Waals surface area contributed by atoms with Gasteiger partial charge in [0.25, 0.3) is 0 Å². The van der Waals surface area contributed by atoms with Crippen LogP contribution in [0.3, 0.4) is 0 Å². The summed E-state index contributed by atoms with van der Waals surface area (Å²) in [5.74, 6) is -1.21. The monoisotopic (exact) mass is 478 g/mol. The van der Waals surface area contributed by atoms with E-state index in [4.69, 9.17) is 4.74 Å². The summed E-state index contributed by atoms with van der Waals surface area (Å²) in [7, 11) is 3.84. The molecular formula is C23H26F4N6O. The summed E-state index contributed by atoms with van der Waals surface area (Å²) < 4.78 is 59.7. The first-order valence-corrected chi connectivity index (χ1v) is 11.0. The molecule has 3 aromatic rings. The lowest BCUT2D eigenvalue weighted by atomic mass is 9.89. The molecule has 0 saturated carbocycles.